The third-order valence-corrected chi connectivity index (χ3v) is 7.71. The van der Waals surface area contributed by atoms with E-state index in [0.29, 0.717) is 26.3 Å². The van der Waals surface area contributed by atoms with Gasteiger partial charge in [0.2, 0.25) is 0 Å². The fourth-order valence-electron chi connectivity index (χ4n) is 4.73. The van der Waals surface area contributed by atoms with Crippen molar-refractivity contribution in [3.63, 3.8) is 0 Å². The molecule has 5 rings (SSSR count). The highest BCUT2D eigenvalue weighted by molar-refractivity contribution is 7.07. The summed E-state index contributed by atoms with van der Waals surface area (Å²) in [4.78, 5) is 54.4. The number of fused-ring (bicyclic) bond motifs is 1. The molecular formula is C31H26N4O8S. The first-order valence-corrected chi connectivity index (χ1v) is 14.0. The third-order valence-electron chi connectivity index (χ3n) is 6.73. The van der Waals surface area contributed by atoms with E-state index in [1.807, 2.05) is 30.3 Å². The molecule has 44 heavy (non-hydrogen) atoms. The first-order valence-electron chi connectivity index (χ1n) is 13.2. The van der Waals surface area contributed by atoms with Gasteiger partial charge in [0.25, 0.3) is 17.2 Å². The van der Waals surface area contributed by atoms with Crippen LogP contribution in [0, 0.1) is 10.1 Å². The molecule has 13 heteroatoms. The van der Waals surface area contributed by atoms with E-state index in [0.717, 1.165) is 5.56 Å². The number of carbonyl (C=O) groups excluding carboxylic acids is 2. The van der Waals surface area contributed by atoms with Crippen molar-refractivity contribution < 1.29 is 28.7 Å². The fourth-order valence-corrected chi connectivity index (χ4v) is 5.77. The SMILES string of the molecule is COC(=O)C1=C(C)N=c2sc(=Cc3ccc(OCC(=O)Nc4cccc([N+](=O)[O-])c4)c(OC)c3)c(=O)n2C1c1ccccc1. The van der Waals surface area contributed by atoms with Gasteiger partial charge >= 0.3 is 5.97 Å². The number of methoxy groups -OCH3 is 2. The molecule has 0 radical (unpaired) electrons. The Morgan fingerprint density at radius 2 is 1.84 bits per heavy atom. The average Bonchev–Trinajstić information content (AvgIpc) is 3.33. The Labute approximate surface area is 254 Å². The number of benzene rings is 3. The van der Waals surface area contributed by atoms with Gasteiger partial charge in [-0.05, 0) is 42.3 Å². The Morgan fingerprint density at radius 3 is 2.55 bits per heavy atom. The minimum absolute atomic E-state index is 0.150. The van der Waals surface area contributed by atoms with Gasteiger partial charge in [-0.15, -0.1) is 0 Å². The van der Waals surface area contributed by atoms with E-state index in [1.165, 1.54) is 54.4 Å². The lowest BCUT2D eigenvalue weighted by molar-refractivity contribution is -0.384. The molecule has 0 bridgehead atoms. The molecular weight excluding hydrogens is 588 g/mol. The Bertz CT molecular complexity index is 1980. The standard InChI is InChI=1S/C31H26N4O8S/c1-18-27(30(38)42-3)28(20-8-5-4-6-9-20)34-29(37)25(44-31(34)32-18)15-19-12-13-23(24(14-19)41-2)43-17-26(36)33-21-10-7-11-22(16-21)35(39)40/h4-16,28H,17H2,1-3H3,(H,33,36). The highest BCUT2D eigenvalue weighted by atomic mass is 32.1. The normalized spacial score (nSPS) is 14.3. The number of esters is 1. The summed E-state index contributed by atoms with van der Waals surface area (Å²) in [5, 5.41) is 13.5. The van der Waals surface area contributed by atoms with Crippen molar-refractivity contribution in [3.05, 3.63) is 125 Å². The summed E-state index contributed by atoms with van der Waals surface area (Å²) >= 11 is 1.19. The van der Waals surface area contributed by atoms with Crippen LogP contribution >= 0.6 is 11.3 Å². The number of rotatable bonds is 9. The number of nitro benzene ring substituents is 1. The van der Waals surface area contributed by atoms with Crippen molar-refractivity contribution >= 4 is 40.7 Å². The second kappa shape index (κ2) is 12.8. The number of anilines is 1. The maximum absolute atomic E-state index is 13.7. The summed E-state index contributed by atoms with van der Waals surface area (Å²) in [6.07, 6.45) is 1.68. The molecule has 1 N–H and O–H groups in total. The van der Waals surface area contributed by atoms with E-state index in [-0.39, 0.29) is 34.9 Å². The number of hydrogen-bond donors (Lipinski definition) is 1. The van der Waals surface area contributed by atoms with E-state index in [4.69, 9.17) is 14.2 Å². The summed E-state index contributed by atoms with van der Waals surface area (Å²) in [5.41, 5.74) is 1.91. The molecule has 1 aromatic heterocycles. The topological polar surface area (TPSA) is 151 Å². The van der Waals surface area contributed by atoms with Crippen LogP contribution in [0.1, 0.15) is 24.1 Å². The molecule has 4 aromatic rings. The van der Waals surface area contributed by atoms with E-state index >= 15 is 0 Å². The summed E-state index contributed by atoms with van der Waals surface area (Å²) in [5.74, 6) is -0.482. The zero-order chi connectivity index (χ0) is 31.4. The Morgan fingerprint density at radius 1 is 1.07 bits per heavy atom. The highest BCUT2D eigenvalue weighted by Crippen LogP contribution is 2.31. The molecule has 1 aliphatic rings. The molecule has 0 fully saturated rings. The highest BCUT2D eigenvalue weighted by Gasteiger charge is 2.32. The van der Waals surface area contributed by atoms with Crippen molar-refractivity contribution in [2.75, 3.05) is 26.1 Å². The first kappa shape index (κ1) is 29.9. The molecule has 224 valence electrons. The average molecular weight is 615 g/mol. The summed E-state index contributed by atoms with van der Waals surface area (Å²) in [6, 6.07) is 19.0. The predicted molar refractivity (Wildman–Crippen MR) is 162 cm³/mol. The molecule has 0 saturated carbocycles. The molecule has 2 heterocycles. The molecule has 0 aliphatic carbocycles. The number of nitrogens with zero attached hydrogens (tertiary/aromatic N) is 3. The summed E-state index contributed by atoms with van der Waals surface area (Å²) in [7, 11) is 2.74. The van der Waals surface area contributed by atoms with Crippen LogP contribution in [0.25, 0.3) is 6.08 Å². The van der Waals surface area contributed by atoms with Gasteiger partial charge < -0.3 is 19.5 Å². The molecule has 12 nitrogen and oxygen atoms in total. The molecule has 1 aliphatic heterocycles. The second-order valence-corrected chi connectivity index (χ2v) is 10.5. The van der Waals surface area contributed by atoms with Crippen molar-refractivity contribution in [1.82, 2.24) is 4.57 Å². The number of non-ortho nitro benzene ring substituents is 1. The van der Waals surface area contributed by atoms with Gasteiger partial charge in [-0.1, -0.05) is 53.8 Å². The van der Waals surface area contributed by atoms with Crippen molar-refractivity contribution in [2.24, 2.45) is 4.99 Å². The Hall–Kier alpha value is -5.56. The Kier molecular flexibility index (Phi) is 8.67. The van der Waals surface area contributed by atoms with E-state index < -0.39 is 22.8 Å². The monoisotopic (exact) mass is 614 g/mol. The van der Waals surface area contributed by atoms with Crippen LogP contribution < -0.4 is 29.7 Å². The molecule has 0 spiro atoms. The van der Waals surface area contributed by atoms with Crippen LogP contribution in [0.2, 0.25) is 0 Å². The minimum atomic E-state index is -0.708. The fraction of sp³-hybridized carbons (Fsp3) is 0.161. The van der Waals surface area contributed by atoms with Gasteiger partial charge in [-0.25, -0.2) is 9.79 Å². The van der Waals surface area contributed by atoms with Gasteiger partial charge in [0.05, 0.1) is 41.0 Å². The molecule has 3 aromatic carbocycles. The first-order chi connectivity index (χ1) is 21.2. The predicted octanol–water partition coefficient (Wildman–Crippen LogP) is 3.34. The Balaban J connectivity index is 1.42. The minimum Gasteiger partial charge on any atom is -0.493 e. The van der Waals surface area contributed by atoms with Crippen molar-refractivity contribution in [2.45, 2.75) is 13.0 Å². The van der Waals surface area contributed by atoms with E-state index in [2.05, 4.69) is 10.3 Å². The quantitative estimate of drug-likeness (QED) is 0.171. The molecule has 1 amide bonds. The number of amides is 1. The van der Waals surface area contributed by atoms with Crippen LogP contribution in [-0.2, 0) is 14.3 Å². The van der Waals surface area contributed by atoms with Crippen LogP contribution in [0.15, 0.2) is 93.9 Å². The molecule has 1 unspecified atom stereocenters. The van der Waals surface area contributed by atoms with Crippen LogP contribution in [-0.4, -0.2) is 42.2 Å². The smallest absolute Gasteiger partial charge is 0.338 e. The van der Waals surface area contributed by atoms with Crippen LogP contribution in [0.3, 0.4) is 0 Å². The lowest BCUT2D eigenvalue weighted by Gasteiger charge is -2.24. The van der Waals surface area contributed by atoms with Crippen molar-refractivity contribution in [1.29, 1.82) is 0 Å². The lowest BCUT2D eigenvalue weighted by atomic mass is 9.96. The van der Waals surface area contributed by atoms with Gasteiger partial charge in [0, 0.05) is 17.8 Å². The number of carbonyl (C=O) groups is 2. The maximum atomic E-state index is 13.7. The number of aromatic nitrogens is 1. The number of nitrogens with one attached hydrogen (secondary N) is 1. The zero-order valence-corrected chi connectivity index (χ0v) is 24.6. The van der Waals surface area contributed by atoms with Gasteiger partial charge in [0.15, 0.2) is 22.9 Å². The van der Waals surface area contributed by atoms with E-state index in [9.17, 15) is 24.5 Å². The maximum Gasteiger partial charge on any atom is 0.338 e. The van der Waals surface area contributed by atoms with E-state index in [1.54, 1.807) is 31.2 Å². The number of thiazole rings is 1. The molecule has 1 atom stereocenters. The number of hydrogen-bond acceptors (Lipinski definition) is 10. The summed E-state index contributed by atoms with van der Waals surface area (Å²) in [6.45, 7) is 1.34. The lowest BCUT2D eigenvalue weighted by Crippen LogP contribution is -2.39. The number of ether oxygens (including phenoxy) is 3. The number of allylic oxidation sites excluding steroid dienone is 1. The third kappa shape index (κ3) is 6.13. The van der Waals surface area contributed by atoms with Gasteiger partial charge in [-0.3, -0.25) is 24.3 Å². The van der Waals surface area contributed by atoms with Gasteiger partial charge in [0.1, 0.15) is 0 Å². The van der Waals surface area contributed by atoms with Gasteiger partial charge in [-0.2, -0.15) is 0 Å². The largest absolute Gasteiger partial charge is 0.493 e. The second-order valence-electron chi connectivity index (χ2n) is 9.54. The zero-order valence-electron chi connectivity index (χ0n) is 23.8. The van der Waals surface area contributed by atoms with Crippen LogP contribution in [0.4, 0.5) is 11.4 Å². The summed E-state index contributed by atoms with van der Waals surface area (Å²) < 4.78 is 18.0. The van der Waals surface area contributed by atoms with Crippen molar-refractivity contribution in [3.8, 4) is 11.5 Å². The molecule has 0 saturated heterocycles. The number of nitro groups is 1. The van der Waals surface area contributed by atoms with Crippen LogP contribution in [0.5, 0.6) is 11.5 Å².